The van der Waals surface area contributed by atoms with E-state index in [4.69, 9.17) is 5.73 Å². The quantitative estimate of drug-likeness (QED) is 0.274. The Kier molecular flexibility index (Phi) is 6.85. The van der Waals surface area contributed by atoms with Crippen molar-refractivity contribution in [3.8, 4) is 0 Å². The molecule has 1 aromatic heterocycles. The van der Waals surface area contributed by atoms with E-state index >= 15 is 0 Å². The predicted molar refractivity (Wildman–Crippen MR) is 132 cm³/mol. The van der Waals surface area contributed by atoms with Gasteiger partial charge in [-0.15, -0.1) is 0 Å². The summed E-state index contributed by atoms with van der Waals surface area (Å²) >= 11 is 0. The number of sulfonamides is 1. The van der Waals surface area contributed by atoms with Crippen molar-refractivity contribution < 1.29 is 18.0 Å². The van der Waals surface area contributed by atoms with Gasteiger partial charge in [-0.3, -0.25) is 9.59 Å². The molecule has 5 N–H and O–H groups in total. The number of hydrogen-bond donors (Lipinski definition) is 4. The van der Waals surface area contributed by atoms with Gasteiger partial charge in [0, 0.05) is 29.2 Å². The van der Waals surface area contributed by atoms with Crippen molar-refractivity contribution in [2.75, 3.05) is 12.4 Å². The third-order valence-electron chi connectivity index (χ3n) is 6.36. The van der Waals surface area contributed by atoms with Crippen molar-refractivity contribution in [2.45, 2.75) is 36.6 Å². The number of fused-ring (bicyclic) bond motifs is 1. The molecule has 0 bridgehead atoms. The van der Waals surface area contributed by atoms with Crippen molar-refractivity contribution in [1.82, 2.24) is 9.71 Å². The molecule has 1 atom stereocenters. The van der Waals surface area contributed by atoms with Crippen LogP contribution >= 0.6 is 0 Å². The maximum atomic E-state index is 13.6. The molecule has 0 saturated heterocycles. The predicted octanol–water partition coefficient (Wildman–Crippen LogP) is 3.40. The first-order valence-electron chi connectivity index (χ1n) is 11.2. The van der Waals surface area contributed by atoms with E-state index in [1.807, 2.05) is 18.2 Å². The third kappa shape index (κ3) is 4.76. The molecule has 1 aliphatic carbocycles. The SMILES string of the molecule is CNS(=O)(=O)c1cccc(NC(C(=O)C(=O)C(=CN)C2CCCC2)c2ccc3cc[nH]c3c2)c1. The first-order chi connectivity index (χ1) is 16.3. The molecule has 0 radical (unpaired) electrons. The van der Waals surface area contributed by atoms with E-state index in [-0.39, 0.29) is 10.8 Å². The van der Waals surface area contributed by atoms with E-state index in [0.717, 1.165) is 36.6 Å². The standard InChI is InChI=1S/C25H28N4O4S/c1-27-34(32,33)20-8-4-7-19(14-20)29-23(18-10-9-17-11-12-28-22(17)13-18)25(31)24(30)21(15-26)16-5-2-3-6-16/h4,7-16,23,27-29H,2-3,5-6,26H2,1H3. The van der Waals surface area contributed by atoms with Gasteiger partial charge in [-0.1, -0.05) is 31.0 Å². The van der Waals surface area contributed by atoms with Gasteiger partial charge in [0.25, 0.3) is 0 Å². The zero-order chi connectivity index (χ0) is 24.3. The topological polar surface area (TPSA) is 134 Å². The number of ketones is 2. The van der Waals surface area contributed by atoms with Crippen LogP contribution in [0.2, 0.25) is 0 Å². The molecule has 9 heteroatoms. The summed E-state index contributed by atoms with van der Waals surface area (Å²) < 4.78 is 26.8. The van der Waals surface area contributed by atoms with E-state index < -0.39 is 27.6 Å². The maximum Gasteiger partial charge on any atom is 0.240 e. The molecule has 8 nitrogen and oxygen atoms in total. The Bertz CT molecular complexity index is 1350. The summed E-state index contributed by atoms with van der Waals surface area (Å²) in [6.07, 6.45) is 6.73. The van der Waals surface area contributed by atoms with Crippen LogP contribution in [0.15, 0.2) is 71.4 Å². The van der Waals surface area contributed by atoms with Crippen LogP contribution < -0.4 is 15.8 Å². The van der Waals surface area contributed by atoms with Gasteiger partial charge in [0.1, 0.15) is 6.04 Å². The van der Waals surface area contributed by atoms with E-state index in [1.165, 1.54) is 25.4 Å². The first kappa shape index (κ1) is 23.7. The third-order valence-corrected chi connectivity index (χ3v) is 7.77. The van der Waals surface area contributed by atoms with Crippen LogP contribution in [-0.2, 0) is 19.6 Å². The molecule has 0 aliphatic heterocycles. The molecular weight excluding hydrogens is 452 g/mol. The summed E-state index contributed by atoms with van der Waals surface area (Å²) in [6, 6.07) is 12.5. The highest BCUT2D eigenvalue weighted by Gasteiger charge is 2.33. The summed E-state index contributed by atoms with van der Waals surface area (Å²) in [7, 11) is -2.35. The lowest BCUT2D eigenvalue weighted by Gasteiger charge is -2.21. The molecule has 1 aliphatic rings. The Morgan fingerprint density at radius 1 is 1.12 bits per heavy atom. The van der Waals surface area contributed by atoms with E-state index in [1.54, 1.807) is 24.4 Å². The van der Waals surface area contributed by atoms with Gasteiger partial charge in [-0.25, -0.2) is 13.1 Å². The van der Waals surface area contributed by atoms with Crippen LogP contribution in [0, 0.1) is 5.92 Å². The molecule has 0 spiro atoms. The van der Waals surface area contributed by atoms with Crippen LogP contribution in [0.4, 0.5) is 5.69 Å². The number of H-pyrrole nitrogens is 1. The van der Waals surface area contributed by atoms with Gasteiger partial charge in [0.15, 0.2) is 0 Å². The largest absolute Gasteiger partial charge is 0.404 e. The fourth-order valence-corrected chi connectivity index (χ4v) is 5.27. The lowest BCUT2D eigenvalue weighted by Crippen LogP contribution is -2.31. The van der Waals surface area contributed by atoms with Gasteiger partial charge in [0.05, 0.1) is 4.90 Å². The second-order valence-corrected chi connectivity index (χ2v) is 10.3. The number of benzene rings is 2. The van der Waals surface area contributed by atoms with Crippen LogP contribution in [0.3, 0.4) is 0 Å². The molecule has 3 aromatic rings. The second-order valence-electron chi connectivity index (χ2n) is 8.43. The maximum absolute atomic E-state index is 13.6. The van der Waals surface area contributed by atoms with E-state index in [2.05, 4.69) is 15.0 Å². The molecule has 1 fully saturated rings. The molecule has 2 aromatic carbocycles. The van der Waals surface area contributed by atoms with Crippen LogP contribution in [0.1, 0.15) is 37.3 Å². The Labute approximate surface area is 198 Å². The van der Waals surface area contributed by atoms with E-state index in [0.29, 0.717) is 16.8 Å². The van der Waals surface area contributed by atoms with Crippen molar-refractivity contribution >= 4 is 38.2 Å². The van der Waals surface area contributed by atoms with Gasteiger partial charge in [-0.2, -0.15) is 0 Å². The lowest BCUT2D eigenvalue weighted by molar-refractivity contribution is -0.135. The average Bonchev–Trinajstić information content (AvgIpc) is 3.54. The highest BCUT2D eigenvalue weighted by molar-refractivity contribution is 7.89. The number of hydrogen-bond acceptors (Lipinski definition) is 6. The number of aromatic amines is 1. The zero-order valence-corrected chi connectivity index (χ0v) is 19.7. The number of carbonyl (C=O) groups excluding carboxylic acids is 2. The normalized spacial score (nSPS) is 16.0. The Morgan fingerprint density at radius 3 is 2.59 bits per heavy atom. The number of nitrogens with two attached hydrogens (primary N) is 1. The minimum absolute atomic E-state index is 0.0166. The van der Waals surface area contributed by atoms with E-state index in [9.17, 15) is 18.0 Å². The molecule has 1 unspecified atom stereocenters. The Balaban J connectivity index is 1.72. The minimum atomic E-state index is -3.68. The summed E-state index contributed by atoms with van der Waals surface area (Å²) in [5, 5.41) is 4.06. The number of nitrogens with one attached hydrogen (secondary N) is 3. The van der Waals surface area contributed by atoms with Crippen LogP contribution in [0.5, 0.6) is 0 Å². The Hall–Kier alpha value is -3.43. The van der Waals surface area contributed by atoms with Gasteiger partial charge < -0.3 is 16.0 Å². The Morgan fingerprint density at radius 2 is 1.88 bits per heavy atom. The molecule has 4 rings (SSSR count). The highest BCUT2D eigenvalue weighted by Crippen LogP contribution is 2.33. The fraction of sp³-hybridized carbons (Fsp3) is 0.280. The summed E-state index contributed by atoms with van der Waals surface area (Å²) in [4.78, 5) is 30.0. The molecular formula is C25H28N4O4S. The number of anilines is 1. The lowest BCUT2D eigenvalue weighted by atomic mass is 9.89. The number of Topliss-reactive ketones (excluding diaryl/α,β-unsaturated/α-hetero) is 2. The van der Waals surface area contributed by atoms with Crippen molar-refractivity contribution in [1.29, 1.82) is 0 Å². The number of aromatic nitrogens is 1. The number of allylic oxidation sites excluding steroid dienone is 1. The molecule has 0 amide bonds. The van der Waals surface area contributed by atoms with Crippen molar-refractivity contribution in [2.24, 2.45) is 11.7 Å². The minimum Gasteiger partial charge on any atom is -0.404 e. The molecule has 178 valence electrons. The van der Waals surface area contributed by atoms with Crippen molar-refractivity contribution in [3.63, 3.8) is 0 Å². The second kappa shape index (κ2) is 9.82. The number of rotatable bonds is 9. The summed E-state index contributed by atoms with van der Waals surface area (Å²) in [6.45, 7) is 0. The zero-order valence-electron chi connectivity index (χ0n) is 18.9. The fourth-order valence-electron chi connectivity index (χ4n) is 4.49. The van der Waals surface area contributed by atoms with Crippen LogP contribution in [0.25, 0.3) is 10.9 Å². The molecule has 1 saturated carbocycles. The molecule has 1 heterocycles. The van der Waals surface area contributed by atoms with Crippen molar-refractivity contribution in [3.05, 3.63) is 72.1 Å². The van der Waals surface area contributed by atoms with Gasteiger partial charge >= 0.3 is 0 Å². The highest BCUT2D eigenvalue weighted by atomic mass is 32.2. The van der Waals surface area contributed by atoms with Gasteiger partial charge in [0.2, 0.25) is 21.6 Å². The smallest absolute Gasteiger partial charge is 0.240 e. The summed E-state index contributed by atoms with van der Waals surface area (Å²) in [5.74, 6) is -1.27. The van der Waals surface area contributed by atoms with Gasteiger partial charge in [-0.05, 0) is 67.1 Å². The number of carbonyl (C=O) groups is 2. The van der Waals surface area contributed by atoms with Crippen LogP contribution in [-0.4, -0.2) is 32.0 Å². The summed E-state index contributed by atoms with van der Waals surface area (Å²) in [5.41, 5.74) is 7.94. The monoisotopic (exact) mass is 480 g/mol. The first-order valence-corrected chi connectivity index (χ1v) is 12.7. The molecule has 34 heavy (non-hydrogen) atoms. The average molecular weight is 481 g/mol.